The number of halogens is 1. The number of H-pyrrole nitrogens is 1. The van der Waals surface area contributed by atoms with Gasteiger partial charge in [0.1, 0.15) is 0 Å². The Morgan fingerprint density at radius 2 is 2.12 bits per heavy atom. The van der Waals surface area contributed by atoms with E-state index >= 15 is 0 Å². The number of hydrogen-bond acceptors (Lipinski definition) is 3. The number of carbonyl (C=O) groups excluding carboxylic acids is 1. The molecule has 0 saturated carbocycles. The molecule has 1 aromatic carbocycles. The predicted molar refractivity (Wildman–Crippen MR) is 96.8 cm³/mol. The summed E-state index contributed by atoms with van der Waals surface area (Å²) in [5.74, 6) is -0.0602. The van der Waals surface area contributed by atoms with Crippen molar-refractivity contribution >= 4 is 28.4 Å². The molecule has 0 aliphatic carbocycles. The zero-order chi connectivity index (χ0) is 17.2. The number of aromatic amines is 1. The first-order valence-electron chi connectivity index (χ1n) is 8.30. The Balaban J connectivity index is 1.79. The molecule has 0 unspecified atom stereocenters. The first-order chi connectivity index (χ1) is 11.5. The van der Waals surface area contributed by atoms with E-state index in [9.17, 15) is 4.79 Å². The van der Waals surface area contributed by atoms with Crippen molar-refractivity contribution in [3.63, 3.8) is 0 Å². The van der Waals surface area contributed by atoms with Crippen LogP contribution in [-0.2, 0) is 4.74 Å². The maximum absolute atomic E-state index is 12.8. The zero-order valence-electron chi connectivity index (χ0n) is 14.2. The molecule has 3 rings (SSSR count). The number of benzene rings is 1. The highest BCUT2D eigenvalue weighted by molar-refractivity contribution is 6.31. The molecule has 1 saturated heterocycles. The lowest BCUT2D eigenvalue weighted by molar-refractivity contribution is 0.0512. The number of aromatic nitrogens is 1. The highest BCUT2D eigenvalue weighted by Gasteiger charge is 2.33. The first-order valence-corrected chi connectivity index (χ1v) is 8.68. The van der Waals surface area contributed by atoms with Crippen LogP contribution < -0.4 is 10.6 Å². The number of methoxy groups -OCH3 is 1. The van der Waals surface area contributed by atoms with Gasteiger partial charge in [-0.3, -0.25) is 4.79 Å². The van der Waals surface area contributed by atoms with Crippen molar-refractivity contribution in [2.75, 3.05) is 33.4 Å². The summed E-state index contributed by atoms with van der Waals surface area (Å²) in [6.07, 6.45) is 2.00. The Morgan fingerprint density at radius 3 is 2.83 bits per heavy atom. The van der Waals surface area contributed by atoms with E-state index in [0.717, 1.165) is 42.5 Å². The lowest BCUT2D eigenvalue weighted by Crippen LogP contribution is -2.47. The molecule has 2 heterocycles. The molecule has 130 valence electrons. The van der Waals surface area contributed by atoms with Crippen LogP contribution in [0, 0.1) is 12.3 Å². The van der Waals surface area contributed by atoms with E-state index in [-0.39, 0.29) is 11.3 Å². The van der Waals surface area contributed by atoms with Crippen LogP contribution in [0.4, 0.5) is 0 Å². The fraction of sp³-hybridized carbons (Fsp3) is 0.500. The van der Waals surface area contributed by atoms with Crippen molar-refractivity contribution in [3.05, 3.63) is 34.5 Å². The summed E-state index contributed by atoms with van der Waals surface area (Å²) in [7, 11) is 1.72. The van der Waals surface area contributed by atoms with Gasteiger partial charge in [-0.25, -0.2) is 0 Å². The van der Waals surface area contributed by atoms with Crippen molar-refractivity contribution in [2.24, 2.45) is 5.41 Å². The molecule has 3 N–H and O–H groups in total. The topological polar surface area (TPSA) is 66.1 Å². The minimum atomic E-state index is -0.0602. The van der Waals surface area contributed by atoms with Crippen molar-refractivity contribution in [3.8, 4) is 0 Å². The summed E-state index contributed by atoms with van der Waals surface area (Å²) >= 11 is 6.10. The second-order valence-electron chi connectivity index (χ2n) is 6.68. The average Bonchev–Trinajstić information content (AvgIpc) is 2.89. The molecule has 0 radical (unpaired) electrons. The minimum Gasteiger partial charge on any atom is -0.384 e. The van der Waals surface area contributed by atoms with Crippen molar-refractivity contribution in [1.29, 1.82) is 0 Å². The van der Waals surface area contributed by atoms with E-state index in [1.54, 1.807) is 7.11 Å². The zero-order valence-corrected chi connectivity index (χ0v) is 14.9. The maximum Gasteiger partial charge on any atom is 0.253 e. The summed E-state index contributed by atoms with van der Waals surface area (Å²) < 4.78 is 5.41. The molecule has 1 amide bonds. The van der Waals surface area contributed by atoms with Gasteiger partial charge in [0.2, 0.25) is 0 Å². The molecular weight excluding hydrogens is 326 g/mol. The maximum atomic E-state index is 12.8. The number of ether oxygens (including phenoxy) is 1. The number of carbonyl (C=O) groups is 1. The third-order valence-corrected chi connectivity index (χ3v) is 5.15. The molecule has 0 atom stereocenters. The van der Waals surface area contributed by atoms with Gasteiger partial charge in [-0.05, 0) is 51.1 Å². The second-order valence-corrected chi connectivity index (χ2v) is 7.12. The van der Waals surface area contributed by atoms with Gasteiger partial charge in [-0.2, -0.15) is 0 Å². The summed E-state index contributed by atoms with van der Waals surface area (Å²) in [5, 5.41) is 7.98. The van der Waals surface area contributed by atoms with Crippen LogP contribution in [0.1, 0.15) is 28.9 Å². The highest BCUT2D eigenvalue weighted by atomic mass is 35.5. The second kappa shape index (κ2) is 7.13. The number of amides is 1. The van der Waals surface area contributed by atoms with Crippen LogP contribution in [-0.4, -0.2) is 44.2 Å². The standard InChI is InChI=1S/C18H24ClN3O2/c1-12-16(14-9-13(19)3-4-15(14)22-12)17(23)21-10-18(11-24-2)5-7-20-8-6-18/h3-4,9,20,22H,5-8,10-11H2,1-2H3,(H,21,23). The van der Waals surface area contributed by atoms with Crippen molar-refractivity contribution in [1.82, 2.24) is 15.6 Å². The smallest absolute Gasteiger partial charge is 0.253 e. The van der Waals surface area contributed by atoms with E-state index in [2.05, 4.69) is 15.6 Å². The molecular formula is C18H24ClN3O2. The van der Waals surface area contributed by atoms with E-state index < -0.39 is 0 Å². The van der Waals surface area contributed by atoms with Gasteiger partial charge in [0.15, 0.2) is 0 Å². The molecule has 0 bridgehead atoms. The van der Waals surface area contributed by atoms with Crippen LogP contribution in [0.5, 0.6) is 0 Å². The molecule has 1 aliphatic heterocycles. The largest absolute Gasteiger partial charge is 0.384 e. The van der Waals surface area contributed by atoms with E-state index in [1.165, 1.54) is 0 Å². The Labute approximate surface area is 147 Å². The molecule has 2 aromatic rings. The fourth-order valence-corrected chi connectivity index (χ4v) is 3.76. The third-order valence-electron chi connectivity index (χ3n) is 4.91. The normalized spacial score (nSPS) is 17.1. The third kappa shape index (κ3) is 3.43. The number of rotatable bonds is 5. The highest BCUT2D eigenvalue weighted by Crippen LogP contribution is 2.29. The van der Waals surface area contributed by atoms with E-state index in [0.29, 0.717) is 23.7 Å². The Bertz CT molecular complexity index is 730. The number of nitrogens with one attached hydrogen (secondary N) is 3. The van der Waals surface area contributed by atoms with Gasteiger partial charge in [-0.15, -0.1) is 0 Å². The quantitative estimate of drug-likeness (QED) is 0.777. The number of fused-ring (bicyclic) bond motifs is 1. The van der Waals surface area contributed by atoms with Crippen molar-refractivity contribution < 1.29 is 9.53 Å². The first kappa shape index (κ1) is 17.3. The van der Waals surface area contributed by atoms with Crippen LogP contribution in [0.3, 0.4) is 0 Å². The number of hydrogen-bond donors (Lipinski definition) is 3. The van der Waals surface area contributed by atoms with Gasteiger partial charge >= 0.3 is 0 Å². The monoisotopic (exact) mass is 349 g/mol. The Morgan fingerprint density at radius 1 is 1.38 bits per heavy atom. The van der Waals surface area contributed by atoms with Crippen LogP contribution >= 0.6 is 11.6 Å². The molecule has 0 spiro atoms. The van der Waals surface area contributed by atoms with Gasteiger partial charge in [-0.1, -0.05) is 11.6 Å². The molecule has 1 aliphatic rings. The SMILES string of the molecule is COCC1(CNC(=O)c2c(C)[nH]c3ccc(Cl)cc23)CCNCC1. The van der Waals surface area contributed by atoms with E-state index in [4.69, 9.17) is 16.3 Å². The van der Waals surface area contributed by atoms with E-state index in [1.807, 2.05) is 25.1 Å². The molecule has 1 aromatic heterocycles. The molecule has 1 fully saturated rings. The van der Waals surface area contributed by atoms with Gasteiger partial charge in [0.05, 0.1) is 12.2 Å². The van der Waals surface area contributed by atoms with Crippen LogP contribution in [0.2, 0.25) is 5.02 Å². The lowest BCUT2D eigenvalue weighted by atomic mass is 9.79. The number of piperidine rings is 1. The Hall–Kier alpha value is -1.56. The number of aryl methyl sites for hydroxylation is 1. The van der Waals surface area contributed by atoms with Gasteiger partial charge in [0.25, 0.3) is 5.91 Å². The van der Waals surface area contributed by atoms with Crippen molar-refractivity contribution in [2.45, 2.75) is 19.8 Å². The lowest BCUT2D eigenvalue weighted by Gasteiger charge is -2.37. The summed E-state index contributed by atoms with van der Waals surface area (Å²) in [6.45, 7) is 5.11. The van der Waals surface area contributed by atoms with Crippen LogP contribution in [0.25, 0.3) is 10.9 Å². The average molecular weight is 350 g/mol. The molecule has 5 nitrogen and oxygen atoms in total. The summed E-state index contributed by atoms with van der Waals surface area (Å²) in [4.78, 5) is 16.1. The predicted octanol–water partition coefficient (Wildman–Crippen LogP) is 2.88. The summed E-state index contributed by atoms with van der Waals surface area (Å²) in [5.41, 5.74) is 2.47. The summed E-state index contributed by atoms with van der Waals surface area (Å²) in [6, 6.07) is 5.57. The van der Waals surface area contributed by atoms with Gasteiger partial charge < -0.3 is 20.4 Å². The molecule has 24 heavy (non-hydrogen) atoms. The fourth-order valence-electron chi connectivity index (χ4n) is 3.58. The van der Waals surface area contributed by atoms with Gasteiger partial charge in [0, 0.05) is 40.7 Å². The minimum absolute atomic E-state index is 0.00726. The van der Waals surface area contributed by atoms with Crippen LogP contribution in [0.15, 0.2) is 18.2 Å². The molecule has 6 heteroatoms. The Kier molecular flexibility index (Phi) is 5.13.